The van der Waals surface area contributed by atoms with Gasteiger partial charge in [0.05, 0.1) is 0 Å². The first-order chi connectivity index (χ1) is 12.9. The van der Waals surface area contributed by atoms with Crippen molar-refractivity contribution in [2.75, 3.05) is 0 Å². The minimum absolute atomic E-state index is 0.172. The Kier molecular flexibility index (Phi) is 8.64. The Hall–Kier alpha value is -2.39. The van der Waals surface area contributed by atoms with Crippen molar-refractivity contribution in [2.45, 2.75) is 58.8 Å². The van der Waals surface area contributed by atoms with E-state index in [-0.39, 0.29) is 6.54 Å². The second-order valence-electron chi connectivity index (χ2n) is 7.35. The molecule has 0 spiro atoms. The molecule has 0 aliphatic heterocycles. The molecule has 0 fully saturated rings. The Bertz CT molecular complexity index is 786. The molecule has 0 aromatic heterocycles. The number of carbonyl (C=O) groups excluding carboxylic acids is 2. The fraction of sp³-hybridized carbons (Fsp3) is 0.474. The molecule has 0 unspecified atom stereocenters. The maximum absolute atomic E-state index is 12.1. The summed E-state index contributed by atoms with van der Waals surface area (Å²) in [4.78, 5) is 23.8. The van der Waals surface area contributed by atoms with Crippen LogP contribution in [-0.4, -0.2) is 38.1 Å². The number of ether oxygens (including phenoxy) is 1. The van der Waals surface area contributed by atoms with Crippen LogP contribution in [-0.2, 0) is 26.1 Å². The Morgan fingerprint density at radius 1 is 1.11 bits per heavy atom. The summed E-state index contributed by atoms with van der Waals surface area (Å²) < 4.78 is 31.6. The molecule has 3 N–H and O–H groups in total. The van der Waals surface area contributed by atoms with E-state index in [0.29, 0.717) is 0 Å². The highest BCUT2D eigenvalue weighted by Crippen LogP contribution is 2.06. The predicted octanol–water partition coefficient (Wildman–Crippen LogP) is 2.04. The maximum atomic E-state index is 12.1. The molecule has 0 heterocycles. The molecule has 0 saturated carbocycles. The number of rotatable bonds is 8. The third-order valence-corrected chi connectivity index (χ3v) is 4.43. The van der Waals surface area contributed by atoms with Crippen LogP contribution in [0.3, 0.4) is 0 Å². The lowest BCUT2D eigenvalue weighted by Crippen LogP contribution is -2.48. The summed E-state index contributed by atoms with van der Waals surface area (Å²) in [6.45, 7) is 8.46. The predicted molar refractivity (Wildman–Crippen MR) is 108 cm³/mol. The van der Waals surface area contributed by atoms with E-state index in [1.165, 1.54) is 13.0 Å². The highest BCUT2D eigenvalue weighted by molar-refractivity contribution is 7.92. The lowest BCUT2D eigenvalue weighted by molar-refractivity contribution is -0.123. The van der Waals surface area contributed by atoms with Gasteiger partial charge in [-0.2, -0.15) is 0 Å². The molecular formula is C19H29N3O5S. The second kappa shape index (κ2) is 10.2. The molecule has 0 bridgehead atoms. The topological polar surface area (TPSA) is 114 Å². The molecule has 8 nitrogen and oxygen atoms in total. The Morgan fingerprint density at radius 3 is 2.29 bits per heavy atom. The molecule has 2 atom stereocenters. The van der Waals surface area contributed by atoms with Gasteiger partial charge in [-0.15, -0.1) is 0 Å². The summed E-state index contributed by atoms with van der Waals surface area (Å²) in [5.74, 6) is -0.461. The van der Waals surface area contributed by atoms with Gasteiger partial charge in [0.1, 0.15) is 11.6 Å². The van der Waals surface area contributed by atoms with Crippen molar-refractivity contribution in [3.8, 4) is 0 Å². The van der Waals surface area contributed by atoms with E-state index >= 15 is 0 Å². The van der Waals surface area contributed by atoms with Crippen LogP contribution in [0.1, 0.15) is 40.2 Å². The zero-order chi connectivity index (χ0) is 21.4. The summed E-state index contributed by atoms with van der Waals surface area (Å²) in [5, 5.41) is 6.04. The van der Waals surface area contributed by atoms with Crippen molar-refractivity contribution in [3.63, 3.8) is 0 Å². The molecule has 1 rings (SSSR count). The van der Waals surface area contributed by atoms with Crippen LogP contribution >= 0.6 is 0 Å². The standard InChI is InChI=1S/C19H29N3O5S/c1-14(21-17(23)15(2)22-18(24)27-19(3,4)5)11-12-28(25,26)20-13-16-9-7-6-8-10-16/h6-12,14-15,20H,13H2,1-5H3,(H,21,23)(H,22,24)/b12-11+/t14-,15-/m0/s1. The Balaban J connectivity index is 2.49. The monoisotopic (exact) mass is 411 g/mol. The van der Waals surface area contributed by atoms with Crippen LogP contribution in [0.2, 0.25) is 0 Å². The number of nitrogens with one attached hydrogen (secondary N) is 3. The average molecular weight is 412 g/mol. The van der Waals surface area contributed by atoms with E-state index in [4.69, 9.17) is 4.74 Å². The average Bonchev–Trinajstić information content (AvgIpc) is 2.57. The second-order valence-corrected chi connectivity index (χ2v) is 9.00. The van der Waals surface area contributed by atoms with Crippen LogP contribution < -0.4 is 15.4 Å². The molecule has 156 valence electrons. The highest BCUT2D eigenvalue weighted by Gasteiger charge is 2.21. The largest absolute Gasteiger partial charge is 0.444 e. The molecule has 0 aliphatic rings. The molecule has 1 aromatic rings. The molecule has 9 heteroatoms. The zero-order valence-electron chi connectivity index (χ0n) is 16.9. The van der Waals surface area contributed by atoms with Crippen LogP contribution in [0.4, 0.5) is 4.79 Å². The number of alkyl carbamates (subject to hydrolysis) is 1. The van der Waals surface area contributed by atoms with Crippen LogP contribution in [0.5, 0.6) is 0 Å². The van der Waals surface area contributed by atoms with E-state index in [9.17, 15) is 18.0 Å². The van der Waals surface area contributed by atoms with Crippen LogP contribution in [0.15, 0.2) is 41.8 Å². The van der Waals surface area contributed by atoms with E-state index in [2.05, 4.69) is 15.4 Å². The number of benzene rings is 1. The van der Waals surface area contributed by atoms with Gasteiger partial charge in [0.2, 0.25) is 15.9 Å². The number of sulfonamides is 1. The van der Waals surface area contributed by atoms with Crippen LogP contribution in [0, 0.1) is 0 Å². The molecule has 28 heavy (non-hydrogen) atoms. The number of hydrogen-bond acceptors (Lipinski definition) is 5. The van der Waals surface area contributed by atoms with Gasteiger partial charge in [-0.05, 0) is 46.3 Å². The lowest BCUT2D eigenvalue weighted by atomic mass is 10.2. The number of carbonyl (C=O) groups is 2. The smallest absolute Gasteiger partial charge is 0.408 e. The summed E-state index contributed by atoms with van der Waals surface area (Å²) in [7, 11) is -3.64. The first-order valence-electron chi connectivity index (χ1n) is 8.89. The van der Waals surface area contributed by atoms with E-state index < -0.39 is 39.7 Å². The lowest BCUT2D eigenvalue weighted by Gasteiger charge is -2.22. The summed E-state index contributed by atoms with van der Waals surface area (Å²) in [5.41, 5.74) is 0.167. The van der Waals surface area contributed by atoms with Gasteiger partial charge in [0, 0.05) is 18.0 Å². The summed E-state index contributed by atoms with van der Waals surface area (Å²) in [6, 6.07) is 7.73. The van der Waals surface area contributed by atoms with Crippen LogP contribution in [0.25, 0.3) is 0 Å². The molecular weight excluding hydrogens is 382 g/mol. The first-order valence-corrected chi connectivity index (χ1v) is 10.4. The van der Waals surface area contributed by atoms with Gasteiger partial charge in [0.15, 0.2) is 0 Å². The molecule has 1 aromatic carbocycles. The maximum Gasteiger partial charge on any atom is 0.408 e. The Labute approximate surface area is 166 Å². The first kappa shape index (κ1) is 23.6. The zero-order valence-corrected chi connectivity index (χ0v) is 17.7. The normalized spacial score (nSPS) is 14.3. The number of amides is 2. The summed E-state index contributed by atoms with van der Waals surface area (Å²) in [6.07, 6.45) is 0.650. The van der Waals surface area contributed by atoms with E-state index in [1.54, 1.807) is 27.7 Å². The van der Waals surface area contributed by atoms with Gasteiger partial charge in [-0.1, -0.05) is 30.3 Å². The summed E-state index contributed by atoms with van der Waals surface area (Å²) >= 11 is 0. The molecule has 0 aliphatic carbocycles. The highest BCUT2D eigenvalue weighted by atomic mass is 32.2. The van der Waals surface area contributed by atoms with Gasteiger partial charge in [-0.3, -0.25) is 4.79 Å². The number of hydrogen-bond donors (Lipinski definition) is 3. The fourth-order valence-corrected chi connectivity index (χ4v) is 2.90. The minimum Gasteiger partial charge on any atom is -0.444 e. The minimum atomic E-state index is -3.64. The Morgan fingerprint density at radius 2 is 1.71 bits per heavy atom. The third-order valence-electron chi connectivity index (χ3n) is 3.36. The van der Waals surface area contributed by atoms with Crippen molar-refractivity contribution in [1.82, 2.24) is 15.4 Å². The quantitative estimate of drug-likeness (QED) is 0.606. The van der Waals surface area contributed by atoms with Gasteiger partial charge in [0.25, 0.3) is 0 Å². The van der Waals surface area contributed by atoms with Gasteiger partial charge >= 0.3 is 6.09 Å². The fourth-order valence-electron chi connectivity index (χ4n) is 2.00. The van der Waals surface area contributed by atoms with Crippen molar-refractivity contribution in [3.05, 3.63) is 47.4 Å². The molecule has 0 radical (unpaired) electrons. The van der Waals surface area contributed by atoms with E-state index in [0.717, 1.165) is 11.0 Å². The van der Waals surface area contributed by atoms with Crippen molar-refractivity contribution >= 4 is 22.0 Å². The van der Waals surface area contributed by atoms with Gasteiger partial charge < -0.3 is 15.4 Å². The third kappa shape index (κ3) is 10.1. The molecule has 0 saturated heterocycles. The van der Waals surface area contributed by atoms with Gasteiger partial charge in [-0.25, -0.2) is 17.9 Å². The SMILES string of the molecule is C[C@H](NC(=O)OC(C)(C)C)C(=O)N[C@@H](C)/C=C/S(=O)(=O)NCc1ccccc1. The van der Waals surface area contributed by atoms with E-state index in [1.807, 2.05) is 30.3 Å². The van der Waals surface area contributed by atoms with Crippen molar-refractivity contribution in [1.29, 1.82) is 0 Å². The van der Waals surface area contributed by atoms with Crippen molar-refractivity contribution in [2.24, 2.45) is 0 Å². The molecule has 2 amide bonds. The van der Waals surface area contributed by atoms with Crippen molar-refractivity contribution < 1.29 is 22.7 Å².